The van der Waals surface area contributed by atoms with Crippen molar-refractivity contribution in [2.75, 3.05) is 23.0 Å². The molecule has 27 heavy (non-hydrogen) atoms. The van der Waals surface area contributed by atoms with Gasteiger partial charge >= 0.3 is 0 Å². The highest BCUT2D eigenvalue weighted by Gasteiger charge is 2.35. The SMILES string of the molecule is CSc1ccc(N2CC(C(=O)Nc3ccccc3SC(F)F)CC2=O)cc1. The van der Waals surface area contributed by atoms with Crippen LogP contribution in [0.15, 0.2) is 58.3 Å². The van der Waals surface area contributed by atoms with Gasteiger partial charge in [0.2, 0.25) is 11.8 Å². The summed E-state index contributed by atoms with van der Waals surface area (Å²) in [6, 6.07) is 14.0. The van der Waals surface area contributed by atoms with E-state index < -0.39 is 11.7 Å². The molecule has 1 N–H and O–H groups in total. The van der Waals surface area contributed by atoms with Crippen molar-refractivity contribution in [1.82, 2.24) is 0 Å². The Kier molecular flexibility index (Phi) is 6.38. The first-order valence-electron chi connectivity index (χ1n) is 8.27. The average Bonchev–Trinajstić information content (AvgIpc) is 3.05. The molecule has 4 nitrogen and oxygen atoms in total. The first-order valence-corrected chi connectivity index (χ1v) is 10.4. The Balaban J connectivity index is 1.69. The second-order valence-electron chi connectivity index (χ2n) is 5.97. The topological polar surface area (TPSA) is 49.4 Å². The molecule has 1 aliphatic rings. The van der Waals surface area contributed by atoms with Crippen LogP contribution in [0.1, 0.15) is 6.42 Å². The average molecular weight is 408 g/mol. The molecule has 1 unspecified atom stereocenters. The summed E-state index contributed by atoms with van der Waals surface area (Å²) in [5.74, 6) is -3.56. The molecule has 8 heteroatoms. The van der Waals surface area contributed by atoms with Gasteiger partial charge in [-0.2, -0.15) is 8.78 Å². The summed E-state index contributed by atoms with van der Waals surface area (Å²) in [5, 5.41) is 2.69. The van der Waals surface area contributed by atoms with E-state index in [1.165, 1.54) is 6.07 Å². The number of para-hydroxylation sites is 1. The fraction of sp³-hybridized carbons (Fsp3) is 0.263. The molecular formula is C19H18F2N2O2S2. The highest BCUT2D eigenvalue weighted by atomic mass is 32.2. The van der Waals surface area contributed by atoms with Crippen molar-refractivity contribution in [1.29, 1.82) is 0 Å². The fourth-order valence-electron chi connectivity index (χ4n) is 2.90. The van der Waals surface area contributed by atoms with Crippen molar-refractivity contribution in [3.8, 4) is 0 Å². The number of rotatable bonds is 6. The molecule has 2 amide bonds. The number of carbonyl (C=O) groups is 2. The van der Waals surface area contributed by atoms with Gasteiger partial charge in [-0.05, 0) is 42.7 Å². The van der Waals surface area contributed by atoms with E-state index in [1.54, 1.807) is 34.9 Å². The predicted molar refractivity (Wildman–Crippen MR) is 106 cm³/mol. The van der Waals surface area contributed by atoms with Crippen LogP contribution >= 0.6 is 23.5 Å². The quantitative estimate of drug-likeness (QED) is 0.703. The van der Waals surface area contributed by atoms with E-state index in [4.69, 9.17) is 0 Å². The largest absolute Gasteiger partial charge is 0.325 e. The number of nitrogens with zero attached hydrogens (tertiary/aromatic N) is 1. The number of amides is 2. The smallest absolute Gasteiger partial charge is 0.288 e. The maximum absolute atomic E-state index is 12.7. The zero-order valence-corrected chi connectivity index (χ0v) is 16.2. The monoisotopic (exact) mass is 408 g/mol. The minimum absolute atomic E-state index is 0.0975. The lowest BCUT2D eigenvalue weighted by Crippen LogP contribution is -2.28. The third kappa shape index (κ3) is 4.81. The number of alkyl halides is 2. The second kappa shape index (κ2) is 8.75. The molecule has 0 radical (unpaired) electrons. The molecule has 0 bridgehead atoms. The Hall–Kier alpha value is -2.06. The molecule has 0 aromatic heterocycles. The Morgan fingerprint density at radius 2 is 1.89 bits per heavy atom. The zero-order valence-electron chi connectivity index (χ0n) is 14.5. The van der Waals surface area contributed by atoms with Gasteiger partial charge in [0.05, 0.1) is 11.6 Å². The first kappa shape index (κ1) is 19.7. The normalized spacial score (nSPS) is 16.8. The summed E-state index contributed by atoms with van der Waals surface area (Å²) >= 11 is 1.99. The number of carbonyl (C=O) groups excluding carboxylic acids is 2. The summed E-state index contributed by atoms with van der Waals surface area (Å²) in [5.41, 5.74) is 1.09. The van der Waals surface area contributed by atoms with Crippen LogP contribution < -0.4 is 10.2 Å². The number of nitrogens with one attached hydrogen (secondary N) is 1. The number of hydrogen-bond donors (Lipinski definition) is 1. The lowest BCUT2D eigenvalue weighted by atomic mass is 10.1. The van der Waals surface area contributed by atoms with Gasteiger partial charge in [0.25, 0.3) is 5.76 Å². The summed E-state index contributed by atoms with van der Waals surface area (Å²) in [4.78, 5) is 27.9. The Bertz CT molecular complexity index is 831. The first-order chi connectivity index (χ1) is 13.0. The van der Waals surface area contributed by atoms with Crippen LogP contribution in [0.4, 0.5) is 20.2 Å². The van der Waals surface area contributed by atoms with Crippen molar-refractivity contribution >= 4 is 46.7 Å². The molecule has 0 aliphatic carbocycles. The number of benzene rings is 2. The maximum atomic E-state index is 12.7. The lowest BCUT2D eigenvalue weighted by Gasteiger charge is -2.17. The van der Waals surface area contributed by atoms with E-state index in [-0.39, 0.29) is 24.8 Å². The van der Waals surface area contributed by atoms with E-state index in [0.29, 0.717) is 22.3 Å². The molecule has 2 aromatic carbocycles. The van der Waals surface area contributed by atoms with Gasteiger partial charge in [-0.25, -0.2) is 0 Å². The molecular weight excluding hydrogens is 390 g/mol. The summed E-state index contributed by atoms with van der Waals surface area (Å²) in [7, 11) is 0. The molecule has 1 fully saturated rings. The van der Waals surface area contributed by atoms with E-state index in [9.17, 15) is 18.4 Å². The van der Waals surface area contributed by atoms with Crippen LogP contribution in [-0.2, 0) is 9.59 Å². The highest BCUT2D eigenvalue weighted by Crippen LogP contribution is 2.33. The van der Waals surface area contributed by atoms with Crippen molar-refractivity contribution in [2.45, 2.75) is 22.0 Å². The van der Waals surface area contributed by atoms with Gasteiger partial charge < -0.3 is 10.2 Å². The molecule has 1 aliphatic heterocycles. The van der Waals surface area contributed by atoms with Crippen molar-refractivity contribution in [2.24, 2.45) is 5.92 Å². The van der Waals surface area contributed by atoms with Crippen molar-refractivity contribution in [3.05, 3.63) is 48.5 Å². The number of thioether (sulfide) groups is 2. The standard InChI is InChI=1S/C19H18F2N2O2S2/c1-26-14-8-6-13(7-9-14)23-11-12(10-17(23)24)18(25)22-15-4-2-3-5-16(15)27-19(20)21/h2-9,12,19H,10-11H2,1H3,(H,22,25). The second-order valence-corrected chi connectivity index (χ2v) is 7.88. The molecule has 2 aromatic rings. The summed E-state index contributed by atoms with van der Waals surface area (Å²) in [6.07, 6.45) is 2.07. The van der Waals surface area contributed by atoms with Crippen LogP contribution in [0, 0.1) is 5.92 Å². The van der Waals surface area contributed by atoms with Crippen LogP contribution in [0.2, 0.25) is 0 Å². The Labute approximate surface area is 164 Å². The van der Waals surface area contributed by atoms with Crippen molar-refractivity contribution in [3.63, 3.8) is 0 Å². The number of anilines is 2. The molecule has 142 valence electrons. The molecule has 0 spiro atoms. The minimum Gasteiger partial charge on any atom is -0.325 e. The third-order valence-corrected chi connectivity index (χ3v) is 5.77. The van der Waals surface area contributed by atoms with Gasteiger partial charge in [0, 0.05) is 28.4 Å². The number of halogens is 2. The van der Waals surface area contributed by atoms with E-state index in [0.717, 1.165) is 10.6 Å². The van der Waals surface area contributed by atoms with E-state index in [1.807, 2.05) is 30.5 Å². The van der Waals surface area contributed by atoms with Crippen LogP contribution in [0.5, 0.6) is 0 Å². The van der Waals surface area contributed by atoms with Crippen LogP contribution in [-0.4, -0.2) is 30.4 Å². The zero-order chi connectivity index (χ0) is 19.4. The number of hydrogen-bond acceptors (Lipinski definition) is 4. The maximum Gasteiger partial charge on any atom is 0.288 e. The van der Waals surface area contributed by atoms with E-state index >= 15 is 0 Å². The van der Waals surface area contributed by atoms with Crippen molar-refractivity contribution < 1.29 is 18.4 Å². The van der Waals surface area contributed by atoms with E-state index in [2.05, 4.69) is 5.32 Å². The van der Waals surface area contributed by atoms with Gasteiger partial charge in [-0.1, -0.05) is 23.9 Å². The fourth-order valence-corrected chi connectivity index (χ4v) is 3.90. The van der Waals surface area contributed by atoms with Gasteiger partial charge in [-0.15, -0.1) is 11.8 Å². The van der Waals surface area contributed by atoms with Crippen LogP contribution in [0.25, 0.3) is 0 Å². The Morgan fingerprint density at radius 1 is 1.19 bits per heavy atom. The summed E-state index contributed by atoms with van der Waals surface area (Å²) in [6.45, 7) is 0.271. The predicted octanol–water partition coefficient (Wildman–Crippen LogP) is 4.71. The molecule has 1 heterocycles. The van der Waals surface area contributed by atoms with Crippen LogP contribution in [0.3, 0.4) is 0 Å². The van der Waals surface area contributed by atoms with Gasteiger partial charge in [-0.3, -0.25) is 9.59 Å². The van der Waals surface area contributed by atoms with Gasteiger partial charge in [0.15, 0.2) is 0 Å². The highest BCUT2D eigenvalue weighted by molar-refractivity contribution is 7.99. The minimum atomic E-state index is -2.57. The Morgan fingerprint density at radius 3 is 2.56 bits per heavy atom. The molecule has 3 rings (SSSR count). The molecule has 1 saturated heterocycles. The molecule has 0 saturated carbocycles. The third-order valence-electron chi connectivity index (χ3n) is 4.24. The van der Waals surface area contributed by atoms with Gasteiger partial charge in [0.1, 0.15) is 0 Å². The lowest BCUT2D eigenvalue weighted by molar-refractivity contribution is -0.122. The summed E-state index contributed by atoms with van der Waals surface area (Å²) < 4.78 is 25.4. The molecule has 1 atom stereocenters.